The van der Waals surface area contributed by atoms with Crippen molar-refractivity contribution in [2.45, 2.75) is 0 Å². The van der Waals surface area contributed by atoms with Crippen LogP contribution in [0.15, 0.2) is 42.5 Å². The van der Waals surface area contributed by atoms with Crippen molar-refractivity contribution in [2.75, 3.05) is 25.6 Å². The van der Waals surface area contributed by atoms with E-state index >= 15 is 0 Å². The van der Waals surface area contributed by atoms with Crippen molar-refractivity contribution in [3.8, 4) is 11.8 Å². The van der Waals surface area contributed by atoms with Crippen LogP contribution < -0.4 is 10.1 Å². The molecule has 6 heteroatoms. The van der Waals surface area contributed by atoms with Crippen LogP contribution in [-0.2, 0) is 4.74 Å². The van der Waals surface area contributed by atoms with Crippen LogP contribution in [0.4, 0.5) is 10.1 Å². The molecule has 1 amide bonds. The highest BCUT2D eigenvalue weighted by Gasteiger charge is 2.11. The third kappa shape index (κ3) is 4.53. The molecule has 0 unspecified atom stereocenters. The molecule has 0 heterocycles. The SMILES string of the molecule is COCCOc1ccc(F)cc1NC(=O)c1ccc(C#N)cc1. The van der Waals surface area contributed by atoms with Crippen LogP contribution >= 0.6 is 0 Å². The lowest BCUT2D eigenvalue weighted by molar-refractivity contribution is 0.102. The number of methoxy groups -OCH3 is 1. The van der Waals surface area contributed by atoms with Gasteiger partial charge in [0, 0.05) is 18.7 Å². The zero-order chi connectivity index (χ0) is 16.7. The van der Waals surface area contributed by atoms with E-state index in [-0.39, 0.29) is 12.3 Å². The summed E-state index contributed by atoms with van der Waals surface area (Å²) in [5.74, 6) is -0.554. The molecule has 2 aromatic carbocycles. The van der Waals surface area contributed by atoms with Gasteiger partial charge in [-0.05, 0) is 36.4 Å². The number of halogens is 1. The Morgan fingerprint density at radius 3 is 2.61 bits per heavy atom. The number of ether oxygens (including phenoxy) is 2. The summed E-state index contributed by atoms with van der Waals surface area (Å²) in [5.41, 5.74) is 1.04. The third-order valence-corrected chi connectivity index (χ3v) is 3.01. The van der Waals surface area contributed by atoms with E-state index in [1.54, 1.807) is 7.11 Å². The fourth-order valence-corrected chi connectivity index (χ4v) is 1.85. The lowest BCUT2D eigenvalue weighted by Gasteiger charge is -2.12. The molecule has 0 atom stereocenters. The van der Waals surface area contributed by atoms with Crippen molar-refractivity contribution in [3.05, 3.63) is 59.4 Å². The number of amides is 1. The summed E-state index contributed by atoms with van der Waals surface area (Å²) in [4.78, 5) is 12.2. The van der Waals surface area contributed by atoms with E-state index in [1.165, 1.54) is 42.5 Å². The summed E-state index contributed by atoms with van der Waals surface area (Å²) in [7, 11) is 1.54. The van der Waals surface area contributed by atoms with E-state index in [1.807, 2.05) is 6.07 Å². The van der Waals surface area contributed by atoms with E-state index in [2.05, 4.69) is 5.32 Å². The van der Waals surface area contributed by atoms with Crippen molar-refractivity contribution in [3.63, 3.8) is 0 Å². The minimum atomic E-state index is -0.487. The highest BCUT2D eigenvalue weighted by Crippen LogP contribution is 2.26. The standard InChI is InChI=1S/C17H15FN2O3/c1-22-8-9-23-16-7-6-14(18)10-15(16)20-17(21)13-4-2-12(11-19)3-5-13/h2-7,10H,8-9H2,1H3,(H,20,21). The summed E-state index contributed by atoms with van der Waals surface area (Å²) in [5, 5.41) is 11.4. The van der Waals surface area contributed by atoms with Gasteiger partial charge in [0.2, 0.25) is 0 Å². The van der Waals surface area contributed by atoms with Gasteiger partial charge in [0.1, 0.15) is 18.2 Å². The van der Waals surface area contributed by atoms with E-state index in [0.29, 0.717) is 23.5 Å². The fourth-order valence-electron chi connectivity index (χ4n) is 1.85. The number of carbonyl (C=O) groups is 1. The highest BCUT2D eigenvalue weighted by molar-refractivity contribution is 6.05. The molecule has 0 radical (unpaired) electrons. The minimum Gasteiger partial charge on any atom is -0.489 e. The van der Waals surface area contributed by atoms with Crippen LogP contribution in [0.3, 0.4) is 0 Å². The normalized spacial score (nSPS) is 9.96. The molecule has 5 nitrogen and oxygen atoms in total. The first kappa shape index (κ1) is 16.5. The van der Waals surface area contributed by atoms with Crippen LogP contribution in [0, 0.1) is 17.1 Å². The Balaban J connectivity index is 2.15. The molecule has 0 saturated carbocycles. The molecule has 0 aromatic heterocycles. The van der Waals surface area contributed by atoms with Crippen LogP contribution in [0.25, 0.3) is 0 Å². The number of hydrogen-bond acceptors (Lipinski definition) is 4. The Morgan fingerprint density at radius 2 is 1.96 bits per heavy atom. The molecular weight excluding hydrogens is 299 g/mol. The van der Waals surface area contributed by atoms with E-state index in [0.717, 1.165) is 0 Å². The number of rotatable bonds is 6. The summed E-state index contributed by atoms with van der Waals surface area (Å²) in [6, 6.07) is 12.0. The fraction of sp³-hybridized carbons (Fsp3) is 0.176. The van der Waals surface area contributed by atoms with Gasteiger partial charge in [-0.2, -0.15) is 5.26 Å². The highest BCUT2D eigenvalue weighted by atomic mass is 19.1. The van der Waals surface area contributed by atoms with Gasteiger partial charge in [0.05, 0.1) is 23.9 Å². The number of carbonyl (C=O) groups excluding carboxylic acids is 1. The van der Waals surface area contributed by atoms with Gasteiger partial charge in [-0.15, -0.1) is 0 Å². The smallest absolute Gasteiger partial charge is 0.255 e. The zero-order valence-corrected chi connectivity index (χ0v) is 12.5. The van der Waals surface area contributed by atoms with Crippen molar-refractivity contribution in [1.29, 1.82) is 5.26 Å². The van der Waals surface area contributed by atoms with E-state index < -0.39 is 11.7 Å². The molecule has 0 bridgehead atoms. The maximum absolute atomic E-state index is 13.4. The molecule has 0 fully saturated rings. The number of nitrogens with zero attached hydrogens (tertiary/aromatic N) is 1. The molecule has 2 rings (SSSR count). The summed E-state index contributed by atoms with van der Waals surface area (Å²) in [6.07, 6.45) is 0. The van der Waals surface area contributed by atoms with Crippen LogP contribution in [0.2, 0.25) is 0 Å². The van der Waals surface area contributed by atoms with Gasteiger partial charge in [0.25, 0.3) is 5.91 Å². The monoisotopic (exact) mass is 314 g/mol. The maximum atomic E-state index is 13.4. The first-order valence-corrected chi connectivity index (χ1v) is 6.87. The molecule has 23 heavy (non-hydrogen) atoms. The predicted molar refractivity (Wildman–Crippen MR) is 82.9 cm³/mol. The Kier molecular flexibility index (Phi) is 5.67. The first-order chi connectivity index (χ1) is 11.1. The maximum Gasteiger partial charge on any atom is 0.255 e. The van der Waals surface area contributed by atoms with Gasteiger partial charge in [-0.25, -0.2) is 4.39 Å². The number of nitriles is 1. The molecule has 0 aliphatic heterocycles. The average Bonchev–Trinajstić information content (AvgIpc) is 2.57. The predicted octanol–water partition coefficient (Wildman–Crippen LogP) is 2.97. The second-order valence-corrected chi connectivity index (χ2v) is 4.63. The summed E-state index contributed by atoms with van der Waals surface area (Å²) in [6.45, 7) is 0.655. The quantitative estimate of drug-likeness (QED) is 0.832. The topological polar surface area (TPSA) is 71.3 Å². The summed E-state index contributed by atoms with van der Waals surface area (Å²) < 4.78 is 23.8. The summed E-state index contributed by atoms with van der Waals surface area (Å²) >= 11 is 0. The molecular formula is C17H15FN2O3. The average molecular weight is 314 g/mol. The molecule has 0 aliphatic rings. The lowest BCUT2D eigenvalue weighted by Crippen LogP contribution is -2.14. The van der Waals surface area contributed by atoms with Gasteiger partial charge in [0.15, 0.2) is 0 Å². The number of hydrogen-bond donors (Lipinski definition) is 1. The van der Waals surface area contributed by atoms with Gasteiger partial charge < -0.3 is 14.8 Å². The van der Waals surface area contributed by atoms with Crippen molar-refractivity contribution in [1.82, 2.24) is 0 Å². The Morgan fingerprint density at radius 1 is 1.22 bits per heavy atom. The number of anilines is 1. The lowest BCUT2D eigenvalue weighted by atomic mass is 10.1. The number of benzene rings is 2. The van der Waals surface area contributed by atoms with Crippen LogP contribution in [0.1, 0.15) is 15.9 Å². The Hall–Kier alpha value is -2.91. The zero-order valence-electron chi connectivity index (χ0n) is 12.5. The molecule has 1 N–H and O–H groups in total. The molecule has 0 aliphatic carbocycles. The molecule has 0 saturated heterocycles. The van der Waals surface area contributed by atoms with Gasteiger partial charge >= 0.3 is 0 Å². The minimum absolute atomic E-state index is 0.232. The molecule has 0 spiro atoms. The van der Waals surface area contributed by atoms with E-state index in [4.69, 9.17) is 14.7 Å². The van der Waals surface area contributed by atoms with Crippen molar-refractivity contribution in [2.24, 2.45) is 0 Å². The van der Waals surface area contributed by atoms with Crippen molar-refractivity contribution >= 4 is 11.6 Å². The first-order valence-electron chi connectivity index (χ1n) is 6.87. The molecule has 2 aromatic rings. The molecule has 118 valence electrons. The van der Waals surface area contributed by atoms with Crippen molar-refractivity contribution < 1.29 is 18.7 Å². The Labute approximate surface area is 133 Å². The largest absolute Gasteiger partial charge is 0.489 e. The third-order valence-electron chi connectivity index (χ3n) is 3.01. The van der Waals surface area contributed by atoms with Gasteiger partial charge in [-0.1, -0.05) is 0 Å². The van der Waals surface area contributed by atoms with Crippen LogP contribution in [-0.4, -0.2) is 26.2 Å². The van der Waals surface area contributed by atoms with Gasteiger partial charge in [-0.3, -0.25) is 4.79 Å². The number of nitrogens with one attached hydrogen (secondary N) is 1. The second kappa shape index (κ2) is 7.92. The van der Waals surface area contributed by atoms with E-state index in [9.17, 15) is 9.18 Å². The van der Waals surface area contributed by atoms with Crippen LogP contribution in [0.5, 0.6) is 5.75 Å². The second-order valence-electron chi connectivity index (χ2n) is 4.63. The Bertz CT molecular complexity index is 724.